The van der Waals surface area contributed by atoms with E-state index in [0.29, 0.717) is 0 Å². The van der Waals surface area contributed by atoms with Crippen molar-refractivity contribution in [3.05, 3.63) is 30.5 Å². The van der Waals surface area contributed by atoms with Gasteiger partial charge in [0.05, 0.1) is 6.26 Å². The highest BCUT2D eigenvalue weighted by Gasteiger charge is 2.38. The zero-order chi connectivity index (χ0) is 12.7. The van der Waals surface area contributed by atoms with Gasteiger partial charge in [-0.25, -0.2) is 0 Å². The minimum atomic E-state index is -1.74. The Balaban J connectivity index is 2.29. The molecule has 0 aliphatic carbocycles. The Morgan fingerprint density at radius 2 is 1.82 bits per heavy atom. The van der Waals surface area contributed by atoms with Crippen molar-refractivity contribution < 1.29 is 8.84 Å². The maximum atomic E-state index is 6.24. The molecule has 0 aliphatic heterocycles. The van der Waals surface area contributed by atoms with Gasteiger partial charge in [-0.3, -0.25) is 0 Å². The molecule has 0 fully saturated rings. The maximum Gasteiger partial charge on any atom is 0.250 e. The second kappa shape index (κ2) is 3.91. The molecule has 0 radical (unpaired) electrons. The monoisotopic (exact) mass is 248 g/mol. The van der Waals surface area contributed by atoms with Crippen molar-refractivity contribution in [1.82, 2.24) is 0 Å². The summed E-state index contributed by atoms with van der Waals surface area (Å²) in [4.78, 5) is 0. The standard InChI is InChI=1S/C14H20O2Si/c1-14(2,3)17(4,5)16-12-6-7-13-11(10-12)8-9-15-13/h6-10H,1-5H3. The van der Waals surface area contributed by atoms with Crippen LogP contribution in [0, 0.1) is 0 Å². The summed E-state index contributed by atoms with van der Waals surface area (Å²) in [5.41, 5.74) is 0.910. The van der Waals surface area contributed by atoms with Crippen LogP contribution in [0.1, 0.15) is 20.8 Å². The molecule has 17 heavy (non-hydrogen) atoms. The highest BCUT2D eigenvalue weighted by atomic mass is 28.4. The molecule has 1 aromatic heterocycles. The normalized spacial score (nSPS) is 13.0. The van der Waals surface area contributed by atoms with Crippen LogP contribution in [0.2, 0.25) is 18.1 Å². The van der Waals surface area contributed by atoms with Gasteiger partial charge in [-0.15, -0.1) is 0 Å². The van der Waals surface area contributed by atoms with E-state index >= 15 is 0 Å². The fourth-order valence-corrected chi connectivity index (χ4v) is 2.48. The molecule has 2 nitrogen and oxygen atoms in total. The first-order chi connectivity index (χ1) is 7.79. The predicted octanol–water partition coefficient (Wildman–Crippen LogP) is 4.82. The lowest BCUT2D eigenvalue weighted by molar-refractivity contribution is 0.492. The first-order valence-corrected chi connectivity index (χ1v) is 8.87. The molecule has 0 saturated heterocycles. The summed E-state index contributed by atoms with van der Waals surface area (Å²) in [6.45, 7) is 11.2. The molecule has 0 amide bonds. The Hall–Kier alpha value is -1.22. The van der Waals surface area contributed by atoms with Gasteiger partial charge < -0.3 is 8.84 Å². The van der Waals surface area contributed by atoms with E-state index in [-0.39, 0.29) is 5.04 Å². The molecule has 1 aromatic carbocycles. The number of fused-ring (bicyclic) bond motifs is 1. The lowest BCUT2D eigenvalue weighted by Crippen LogP contribution is -2.43. The molecule has 3 heteroatoms. The average Bonchev–Trinajstić information content (AvgIpc) is 2.62. The fraction of sp³-hybridized carbons (Fsp3) is 0.429. The van der Waals surface area contributed by atoms with Crippen molar-refractivity contribution in [2.24, 2.45) is 0 Å². The van der Waals surface area contributed by atoms with Crippen LogP contribution in [0.15, 0.2) is 34.9 Å². The second-order valence-electron chi connectivity index (χ2n) is 5.98. The Labute approximate surface area is 104 Å². The first kappa shape index (κ1) is 12.2. The van der Waals surface area contributed by atoms with Gasteiger partial charge in [0.15, 0.2) is 0 Å². The van der Waals surface area contributed by atoms with Crippen LogP contribution in [0.5, 0.6) is 5.75 Å². The summed E-state index contributed by atoms with van der Waals surface area (Å²) in [6, 6.07) is 7.98. The third-order valence-electron chi connectivity index (χ3n) is 3.60. The van der Waals surface area contributed by atoms with Gasteiger partial charge in [-0.2, -0.15) is 0 Å². The summed E-state index contributed by atoms with van der Waals surface area (Å²) in [6.07, 6.45) is 1.71. The van der Waals surface area contributed by atoms with Crippen molar-refractivity contribution in [3.8, 4) is 5.75 Å². The molecule has 0 saturated carbocycles. The molecule has 2 rings (SSSR count). The lowest BCUT2D eigenvalue weighted by atomic mass is 10.2. The van der Waals surface area contributed by atoms with Crippen molar-refractivity contribution in [1.29, 1.82) is 0 Å². The van der Waals surface area contributed by atoms with Crippen molar-refractivity contribution in [2.75, 3.05) is 0 Å². The van der Waals surface area contributed by atoms with Crippen molar-refractivity contribution in [3.63, 3.8) is 0 Å². The van der Waals surface area contributed by atoms with E-state index in [1.807, 2.05) is 18.2 Å². The Morgan fingerprint density at radius 3 is 2.47 bits per heavy atom. The van der Waals surface area contributed by atoms with E-state index in [0.717, 1.165) is 16.7 Å². The molecule has 0 spiro atoms. The fourth-order valence-electron chi connectivity index (χ4n) is 1.46. The smallest absolute Gasteiger partial charge is 0.250 e. The summed E-state index contributed by atoms with van der Waals surface area (Å²) in [7, 11) is -1.74. The van der Waals surface area contributed by atoms with Gasteiger partial charge in [0, 0.05) is 5.39 Å². The topological polar surface area (TPSA) is 22.4 Å². The first-order valence-electron chi connectivity index (χ1n) is 5.96. The summed E-state index contributed by atoms with van der Waals surface area (Å²) in [5, 5.41) is 1.32. The number of hydrogen-bond donors (Lipinski definition) is 0. The van der Waals surface area contributed by atoms with Crippen LogP contribution in [-0.2, 0) is 0 Å². The van der Waals surface area contributed by atoms with Gasteiger partial charge in [0.2, 0.25) is 8.32 Å². The Kier molecular flexibility index (Phi) is 2.82. The van der Waals surface area contributed by atoms with E-state index < -0.39 is 8.32 Å². The third-order valence-corrected chi connectivity index (χ3v) is 7.96. The molecule has 0 unspecified atom stereocenters. The molecule has 2 aromatic rings. The van der Waals surface area contributed by atoms with Crippen LogP contribution < -0.4 is 4.43 Å². The number of rotatable bonds is 2. The highest BCUT2D eigenvalue weighted by molar-refractivity contribution is 6.74. The van der Waals surface area contributed by atoms with Gasteiger partial charge >= 0.3 is 0 Å². The highest BCUT2D eigenvalue weighted by Crippen LogP contribution is 2.37. The maximum absolute atomic E-state index is 6.24. The molecule has 0 atom stereocenters. The summed E-state index contributed by atoms with van der Waals surface area (Å²) in [5.74, 6) is 0.950. The van der Waals surface area contributed by atoms with Crippen LogP contribution >= 0.6 is 0 Å². The van der Waals surface area contributed by atoms with Gasteiger partial charge in [-0.05, 0) is 42.4 Å². The van der Waals surface area contributed by atoms with E-state index in [1.54, 1.807) is 6.26 Å². The minimum Gasteiger partial charge on any atom is -0.543 e. The van der Waals surface area contributed by atoms with E-state index in [4.69, 9.17) is 8.84 Å². The van der Waals surface area contributed by atoms with Crippen LogP contribution in [0.4, 0.5) is 0 Å². The summed E-state index contributed by atoms with van der Waals surface area (Å²) >= 11 is 0. The molecule has 0 N–H and O–H groups in total. The molecule has 0 aliphatic rings. The van der Waals surface area contributed by atoms with E-state index in [9.17, 15) is 0 Å². The average molecular weight is 248 g/mol. The van der Waals surface area contributed by atoms with Gasteiger partial charge in [0.1, 0.15) is 11.3 Å². The quantitative estimate of drug-likeness (QED) is 0.711. The predicted molar refractivity (Wildman–Crippen MR) is 74.0 cm³/mol. The second-order valence-corrected chi connectivity index (χ2v) is 10.7. The lowest BCUT2D eigenvalue weighted by Gasteiger charge is -2.36. The molecule has 1 heterocycles. The minimum absolute atomic E-state index is 0.221. The van der Waals surface area contributed by atoms with Crippen molar-refractivity contribution in [2.45, 2.75) is 38.9 Å². The van der Waals surface area contributed by atoms with E-state index in [2.05, 4.69) is 39.9 Å². The molecular formula is C14H20O2Si. The van der Waals surface area contributed by atoms with E-state index in [1.165, 1.54) is 0 Å². The molecule has 0 bridgehead atoms. The largest absolute Gasteiger partial charge is 0.543 e. The SMILES string of the molecule is CC(C)(C)[Si](C)(C)Oc1ccc2occc2c1. The van der Waals surface area contributed by atoms with Crippen LogP contribution in [-0.4, -0.2) is 8.32 Å². The van der Waals surface area contributed by atoms with Gasteiger partial charge in [0.25, 0.3) is 0 Å². The molecular weight excluding hydrogens is 228 g/mol. The Morgan fingerprint density at radius 1 is 1.12 bits per heavy atom. The van der Waals surface area contributed by atoms with Crippen LogP contribution in [0.3, 0.4) is 0 Å². The third kappa shape index (κ3) is 2.39. The van der Waals surface area contributed by atoms with Crippen LogP contribution in [0.25, 0.3) is 11.0 Å². The zero-order valence-corrected chi connectivity index (χ0v) is 12.2. The number of benzene rings is 1. The number of hydrogen-bond acceptors (Lipinski definition) is 2. The molecule has 92 valence electrons. The summed E-state index contributed by atoms with van der Waals surface area (Å²) < 4.78 is 11.6. The number of furan rings is 1. The zero-order valence-electron chi connectivity index (χ0n) is 11.2. The van der Waals surface area contributed by atoms with Gasteiger partial charge in [-0.1, -0.05) is 20.8 Å². The van der Waals surface area contributed by atoms with Crippen molar-refractivity contribution >= 4 is 19.3 Å². The Bertz CT molecular complexity index is 520.